The van der Waals surface area contributed by atoms with Crippen molar-refractivity contribution in [1.29, 1.82) is 0 Å². The summed E-state index contributed by atoms with van der Waals surface area (Å²) in [5.74, 6) is -0.0137. The monoisotopic (exact) mass is 236 g/mol. The zero-order valence-electron chi connectivity index (χ0n) is 9.87. The topological polar surface area (TPSA) is 55.1 Å². The maximum absolute atomic E-state index is 13.1. The van der Waals surface area contributed by atoms with Crippen molar-refractivity contribution in [3.8, 4) is 0 Å². The Kier molecular flexibility index (Phi) is 3.31. The van der Waals surface area contributed by atoms with Gasteiger partial charge in [-0.1, -0.05) is 13.3 Å². The Labute approximate surface area is 100 Å². The Morgan fingerprint density at radius 1 is 1.41 bits per heavy atom. The minimum Gasteiger partial charge on any atom is -0.399 e. The molecule has 4 heteroatoms. The summed E-state index contributed by atoms with van der Waals surface area (Å²) < 4.78 is 13.1. The molecule has 1 fully saturated rings. The highest BCUT2D eigenvalue weighted by molar-refractivity contribution is 5.93. The Bertz CT molecular complexity index is 413. The molecule has 92 valence electrons. The number of carbonyl (C=O) groups is 1. The molecule has 17 heavy (non-hydrogen) atoms. The molecule has 1 aromatic rings. The SMILES string of the molecule is CC1CCCC1C(=O)Nc1cc(N)cc(F)c1. The first-order valence-electron chi connectivity index (χ1n) is 5.93. The zero-order valence-corrected chi connectivity index (χ0v) is 9.87. The highest BCUT2D eigenvalue weighted by Crippen LogP contribution is 2.32. The first-order valence-corrected chi connectivity index (χ1v) is 5.93. The molecule has 3 nitrogen and oxygen atoms in total. The third kappa shape index (κ3) is 2.75. The van der Waals surface area contributed by atoms with E-state index in [1.807, 2.05) is 0 Å². The Balaban J connectivity index is 2.07. The van der Waals surface area contributed by atoms with Gasteiger partial charge in [0.15, 0.2) is 0 Å². The third-order valence-electron chi connectivity index (χ3n) is 3.39. The molecule has 2 unspecified atom stereocenters. The van der Waals surface area contributed by atoms with Crippen molar-refractivity contribution in [1.82, 2.24) is 0 Å². The van der Waals surface area contributed by atoms with Crippen molar-refractivity contribution in [2.24, 2.45) is 11.8 Å². The van der Waals surface area contributed by atoms with Gasteiger partial charge in [0, 0.05) is 17.3 Å². The smallest absolute Gasteiger partial charge is 0.227 e. The predicted octanol–water partition coefficient (Wildman–Crippen LogP) is 2.78. The highest BCUT2D eigenvalue weighted by Gasteiger charge is 2.29. The quantitative estimate of drug-likeness (QED) is 0.776. The van der Waals surface area contributed by atoms with E-state index in [2.05, 4.69) is 12.2 Å². The standard InChI is InChI=1S/C13H17FN2O/c1-8-3-2-4-12(8)13(17)16-11-6-9(14)5-10(15)7-11/h5-8,12H,2-4,15H2,1H3,(H,16,17). The largest absolute Gasteiger partial charge is 0.399 e. The summed E-state index contributed by atoms with van der Waals surface area (Å²) in [6.45, 7) is 2.08. The van der Waals surface area contributed by atoms with Gasteiger partial charge in [0.25, 0.3) is 0 Å². The molecule has 0 spiro atoms. The van der Waals surface area contributed by atoms with Crippen molar-refractivity contribution in [2.45, 2.75) is 26.2 Å². The van der Waals surface area contributed by atoms with Gasteiger partial charge in [-0.15, -0.1) is 0 Å². The van der Waals surface area contributed by atoms with Crippen LogP contribution >= 0.6 is 0 Å². The second-order valence-corrected chi connectivity index (χ2v) is 4.78. The van der Waals surface area contributed by atoms with Crippen LogP contribution in [0, 0.1) is 17.7 Å². The molecule has 3 N–H and O–H groups in total. The maximum Gasteiger partial charge on any atom is 0.227 e. The minimum atomic E-state index is -0.431. The summed E-state index contributed by atoms with van der Waals surface area (Å²) in [7, 11) is 0. The second-order valence-electron chi connectivity index (χ2n) is 4.78. The molecular weight excluding hydrogens is 219 g/mol. The normalized spacial score (nSPS) is 23.6. The Hall–Kier alpha value is -1.58. The lowest BCUT2D eigenvalue weighted by molar-refractivity contribution is -0.120. The van der Waals surface area contributed by atoms with Crippen LogP contribution in [-0.2, 0) is 4.79 Å². The molecule has 0 radical (unpaired) electrons. The average Bonchev–Trinajstić information content (AvgIpc) is 2.62. The summed E-state index contributed by atoms with van der Waals surface area (Å²) in [6, 6.07) is 4.09. The Morgan fingerprint density at radius 2 is 2.18 bits per heavy atom. The first-order chi connectivity index (χ1) is 8.06. The van der Waals surface area contributed by atoms with Gasteiger partial charge in [0.05, 0.1) is 0 Å². The predicted molar refractivity (Wildman–Crippen MR) is 65.9 cm³/mol. The van der Waals surface area contributed by atoms with E-state index in [0.29, 0.717) is 17.3 Å². The van der Waals surface area contributed by atoms with Crippen molar-refractivity contribution in [3.05, 3.63) is 24.0 Å². The molecule has 0 heterocycles. The summed E-state index contributed by atoms with van der Waals surface area (Å²) in [5, 5.41) is 2.74. The van der Waals surface area contributed by atoms with E-state index in [-0.39, 0.29) is 11.8 Å². The number of anilines is 2. The molecule has 1 saturated carbocycles. The highest BCUT2D eigenvalue weighted by atomic mass is 19.1. The van der Waals surface area contributed by atoms with Crippen LogP contribution in [0.3, 0.4) is 0 Å². The van der Waals surface area contributed by atoms with Gasteiger partial charge in [-0.25, -0.2) is 4.39 Å². The number of nitrogens with two attached hydrogens (primary N) is 1. The molecule has 1 amide bonds. The van der Waals surface area contributed by atoms with Crippen LogP contribution in [0.1, 0.15) is 26.2 Å². The van der Waals surface area contributed by atoms with Gasteiger partial charge in [0.2, 0.25) is 5.91 Å². The fourth-order valence-corrected chi connectivity index (χ4v) is 2.45. The molecule has 1 aliphatic rings. The summed E-state index contributed by atoms with van der Waals surface area (Å²) in [5.41, 5.74) is 6.28. The summed E-state index contributed by atoms with van der Waals surface area (Å²) >= 11 is 0. The van der Waals surface area contributed by atoms with Gasteiger partial charge in [-0.05, 0) is 37.0 Å². The Morgan fingerprint density at radius 3 is 2.76 bits per heavy atom. The van der Waals surface area contributed by atoms with Crippen LogP contribution in [0.4, 0.5) is 15.8 Å². The van der Waals surface area contributed by atoms with Gasteiger partial charge < -0.3 is 11.1 Å². The number of nitrogen functional groups attached to an aromatic ring is 1. The lowest BCUT2D eigenvalue weighted by atomic mass is 9.97. The maximum atomic E-state index is 13.1. The van der Waals surface area contributed by atoms with Crippen LogP contribution in [-0.4, -0.2) is 5.91 Å². The fraction of sp³-hybridized carbons (Fsp3) is 0.462. The minimum absolute atomic E-state index is 0.0278. The van der Waals surface area contributed by atoms with Crippen molar-refractivity contribution >= 4 is 17.3 Å². The van der Waals surface area contributed by atoms with Crippen LogP contribution in [0.15, 0.2) is 18.2 Å². The number of carbonyl (C=O) groups excluding carboxylic acids is 1. The number of amides is 1. The summed E-state index contributed by atoms with van der Waals surface area (Å²) in [6.07, 6.45) is 3.09. The van der Waals surface area contributed by atoms with Crippen LogP contribution in [0.2, 0.25) is 0 Å². The summed E-state index contributed by atoms with van der Waals surface area (Å²) in [4.78, 5) is 12.0. The molecule has 2 rings (SSSR count). The van der Waals surface area contributed by atoms with E-state index in [1.54, 1.807) is 6.07 Å². The van der Waals surface area contributed by atoms with Gasteiger partial charge in [-0.3, -0.25) is 4.79 Å². The van der Waals surface area contributed by atoms with Crippen molar-refractivity contribution in [3.63, 3.8) is 0 Å². The van der Waals surface area contributed by atoms with Crippen molar-refractivity contribution < 1.29 is 9.18 Å². The number of nitrogens with one attached hydrogen (secondary N) is 1. The third-order valence-corrected chi connectivity index (χ3v) is 3.39. The second kappa shape index (κ2) is 4.73. The molecule has 0 aromatic heterocycles. The van der Waals surface area contributed by atoms with E-state index in [0.717, 1.165) is 19.3 Å². The van der Waals surface area contributed by atoms with Crippen LogP contribution < -0.4 is 11.1 Å². The molecule has 0 aliphatic heterocycles. The number of hydrogen-bond donors (Lipinski definition) is 2. The molecule has 2 atom stereocenters. The molecular formula is C13H17FN2O. The lowest BCUT2D eigenvalue weighted by Gasteiger charge is -2.15. The zero-order chi connectivity index (χ0) is 12.4. The van der Waals surface area contributed by atoms with Crippen LogP contribution in [0.5, 0.6) is 0 Å². The van der Waals surface area contributed by atoms with Gasteiger partial charge in [-0.2, -0.15) is 0 Å². The van der Waals surface area contributed by atoms with Crippen LogP contribution in [0.25, 0.3) is 0 Å². The molecule has 1 aliphatic carbocycles. The van der Waals surface area contributed by atoms with E-state index < -0.39 is 5.82 Å². The molecule has 0 saturated heterocycles. The van der Waals surface area contributed by atoms with E-state index in [4.69, 9.17) is 5.73 Å². The number of halogens is 1. The average molecular weight is 236 g/mol. The number of benzene rings is 1. The van der Waals surface area contributed by atoms with E-state index in [1.165, 1.54) is 12.1 Å². The fourth-order valence-electron chi connectivity index (χ4n) is 2.45. The first kappa shape index (κ1) is 11.9. The van der Waals surface area contributed by atoms with Gasteiger partial charge in [0.1, 0.15) is 5.82 Å². The van der Waals surface area contributed by atoms with Crippen molar-refractivity contribution in [2.75, 3.05) is 11.1 Å². The molecule has 0 bridgehead atoms. The van der Waals surface area contributed by atoms with Gasteiger partial charge >= 0.3 is 0 Å². The molecule has 1 aromatic carbocycles. The lowest BCUT2D eigenvalue weighted by Crippen LogP contribution is -2.24. The number of hydrogen-bond acceptors (Lipinski definition) is 2. The van der Waals surface area contributed by atoms with E-state index in [9.17, 15) is 9.18 Å². The number of rotatable bonds is 2. The van der Waals surface area contributed by atoms with E-state index >= 15 is 0 Å².